The molecule has 0 aliphatic heterocycles. The molecule has 0 aliphatic carbocycles. The second-order valence-electron chi connectivity index (χ2n) is 5.73. The molecule has 1 aromatic heterocycles. The molecule has 0 aliphatic rings. The average Bonchev–Trinajstić information content (AvgIpc) is 2.98. The zero-order chi connectivity index (χ0) is 18.0. The van der Waals surface area contributed by atoms with Crippen LogP contribution >= 0.6 is 0 Å². The molecule has 5 nitrogen and oxygen atoms in total. The van der Waals surface area contributed by atoms with Gasteiger partial charge in [-0.3, -0.25) is 0 Å². The fourth-order valence-electron chi connectivity index (χ4n) is 3.28. The third kappa shape index (κ3) is 2.82. The summed E-state index contributed by atoms with van der Waals surface area (Å²) in [6.45, 7) is 5.51. The van der Waals surface area contributed by atoms with E-state index in [2.05, 4.69) is 4.90 Å². The molecule has 0 amide bonds. The van der Waals surface area contributed by atoms with Crippen molar-refractivity contribution in [3.63, 3.8) is 0 Å². The molecular weight excluding hydrogens is 316 g/mol. The minimum Gasteiger partial charge on any atom is -0.497 e. The van der Waals surface area contributed by atoms with Crippen molar-refractivity contribution in [1.82, 2.24) is 4.57 Å². The van der Waals surface area contributed by atoms with Gasteiger partial charge in [0.05, 0.1) is 18.3 Å². The summed E-state index contributed by atoms with van der Waals surface area (Å²) in [6.07, 6.45) is 0. The Morgan fingerprint density at radius 2 is 1.80 bits per heavy atom. The highest BCUT2D eigenvalue weighted by Crippen LogP contribution is 2.38. The van der Waals surface area contributed by atoms with Crippen LogP contribution in [0.3, 0.4) is 0 Å². The number of aromatic nitrogens is 1. The number of nitrogens with zero attached hydrogens (tertiary/aromatic N) is 2. The lowest BCUT2D eigenvalue weighted by Crippen LogP contribution is -2.24. The van der Waals surface area contributed by atoms with Crippen molar-refractivity contribution >= 4 is 22.6 Å². The number of rotatable bonds is 6. The lowest BCUT2D eigenvalue weighted by Gasteiger charge is -2.21. The van der Waals surface area contributed by atoms with E-state index in [0.29, 0.717) is 5.75 Å². The van der Waals surface area contributed by atoms with E-state index in [1.165, 1.54) is 0 Å². The maximum Gasteiger partial charge on any atom is 0.355 e. The van der Waals surface area contributed by atoms with E-state index in [1.807, 2.05) is 66.9 Å². The molecule has 25 heavy (non-hydrogen) atoms. The van der Waals surface area contributed by atoms with Crippen molar-refractivity contribution < 1.29 is 14.6 Å². The summed E-state index contributed by atoms with van der Waals surface area (Å²) < 4.78 is 7.17. The van der Waals surface area contributed by atoms with Crippen molar-refractivity contribution in [2.24, 2.45) is 0 Å². The number of fused-ring (bicyclic) bond motifs is 1. The van der Waals surface area contributed by atoms with Gasteiger partial charge in [0.15, 0.2) is 5.69 Å². The van der Waals surface area contributed by atoms with Crippen LogP contribution < -0.4 is 9.64 Å². The maximum absolute atomic E-state index is 12.2. The number of carbonyl (C=O) groups is 1. The van der Waals surface area contributed by atoms with Gasteiger partial charge >= 0.3 is 5.97 Å². The molecule has 0 atom stereocenters. The first kappa shape index (κ1) is 16.9. The number of hydrogen-bond acceptors (Lipinski definition) is 3. The van der Waals surface area contributed by atoms with Gasteiger partial charge in [-0.1, -0.05) is 18.2 Å². The van der Waals surface area contributed by atoms with Gasteiger partial charge in [0.1, 0.15) is 5.75 Å². The molecule has 0 spiro atoms. The largest absolute Gasteiger partial charge is 0.497 e. The lowest BCUT2D eigenvalue weighted by atomic mass is 10.2. The summed E-state index contributed by atoms with van der Waals surface area (Å²) in [5.74, 6) is -0.232. The summed E-state index contributed by atoms with van der Waals surface area (Å²) in [6, 6.07) is 15.3. The summed E-state index contributed by atoms with van der Waals surface area (Å²) >= 11 is 0. The Morgan fingerprint density at radius 1 is 1.12 bits per heavy atom. The first-order valence-electron chi connectivity index (χ1n) is 8.38. The van der Waals surface area contributed by atoms with Gasteiger partial charge in [0.25, 0.3) is 0 Å². The molecule has 130 valence electrons. The Balaban J connectivity index is 2.46. The minimum absolute atomic E-state index is 0.276. The number of hydrogen-bond donors (Lipinski definition) is 1. The predicted molar refractivity (Wildman–Crippen MR) is 100 cm³/mol. The first-order chi connectivity index (χ1) is 12.1. The van der Waals surface area contributed by atoms with E-state index < -0.39 is 5.97 Å². The highest BCUT2D eigenvalue weighted by molar-refractivity contribution is 6.08. The van der Waals surface area contributed by atoms with Gasteiger partial charge in [-0.25, -0.2) is 4.79 Å². The molecular formula is C20H22N2O3. The number of para-hydroxylation sites is 1. The van der Waals surface area contributed by atoms with Crippen molar-refractivity contribution in [3.8, 4) is 11.4 Å². The van der Waals surface area contributed by atoms with Crippen LogP contribution in [-0.2, 0) is 0 Å². The fraction of sp³-hybridized carbons (Fsp3) is 0.250. The zero-order valence-corrected chi connectivity index (χ0v) is 14.7. The molecule has 3 rings (SSSR count). The lowest BCUT2D eigenvalue weighted by molar-refractivity contribution is 0.0689. The molecule has 0 bridgehead atoms. The molecule has 1 heterocycles. The van der Waals surface area contributed by atoms with Crippen molar-refractivity contribution in [3.05, 3.63) is 54.2 Å². The molecule has 0 saturated heterocycles. The number of anilines is 1. The van der Waals surface area contributed by atoms with Crippen LogP contribution in [0.5, 0.6) is 5.75 Å². The monoisotopic (exact) mass is 338 g/mol. The summed E-state index contributed by atoms with van der Waals surface area (Å²) in [5.41, 5.74) is 2.69. The molecule has 1 N–H and O–H groups in total. The highest BCUT2D eigenvalue weighted by atomic mass is 16.5. The highest BCUT2D eigenvalue weighted by Gasteiger charge is 2.26. The fourth-order valence-corrected chi connectivity index (χ4v) is 3.28. The molecule has 0 unspecified atom stereocenters. The van der Waals surface area contributed by atoms with Gasteiger partial charge in [-0.2, -0.15) is 0 Å². The number of benzene rings is 2. The molecule has 0 saturated carbocycles. The van der Waals surface area contributed by atoms with Crippen molar-refractivity contribution in [1.29, 1.82) is 0 Å². The van der Waals surface area contributed by atoms with Gasteiger partial charge in [-0.15, -0.1) is 0 Å². The molecule has 2 aromatic carbocycles. The van der Waals surface area contributed by atoms with Gasteiger partial charge in [0.2, 0.25) is 0 Å². The van der Waals surface area contributed by atoms with E-state index in [0.717, 1.165) is 35.4 Å². The van der Waals surface area contributed by atoms with E-state index in [4.69, 9.17) is 4.74 Å². The third-order valence-electron chi connectivity index (χ3n) is 4.44. The molecule has 0 fully saturated rings. The molecule has 0 radical (unpaired) electrons. The van der Waals surface area contributed by atoms with E-state index in [9.17, 15) is 9.90 Å². The number of carboxylic acid groups (broad SMARTS) is 1. The smallest absolute Gasteiger partial charge is 0.355 e. The van der Waals surface area contributed by atoms with Gasteiger partial charge in [0, 0.05) is 24.2 Å². The van der Waals surface area contributed by atoms with Crippen LogP contribution in [0.2, 0.25) is 0 Å². The first-order valence-corrected chi connectivity index (χ1v) is 8.38. The van der Waals surface area contributed by atoms with E-state index >= 15 is 0 Å². The van der Waals surface area contributed by atoms with Crippen LogP contribution in [0, 0.1) is 0 Å². The zero-order valence-electron chi connectivity index (χ0n) is 14.7. The van der Waals surface area contributed by atoms with E-state index in [1.54, 1.807) is 7.11 Å². The number of carboxylic acids is 1. The average molecular weight is 338 g/mol. The van der Waals surface area contributed by atoms with Crippen molar-refractivity contribution in [2.45, 2.75) is 13.8 Å². The number of ether oxygens (including phenoxy) is 1. The normalized spacial score (nSPS) is 10.8. The second-order valence-corrected chi connectivity index (χ2v) is 5.73. The number of methoxy groups -OCH3 is 1. The second kappa shape index (κ2) is 6.89. The quantitative estimate of drug-likeness (QED) is 0.732. The Hall–Kier alpha value is -2.95. The standard InChI is InChI=1S/C20H22N2O3/c1-4-21(5-2)18-16-13-15(25-3)11-12-17(16)22(19(18)20(23)24)14-9-7-6-8-10-14/h6-13H,4-5H2,1-3H3,(H,23,24). The molecule has 5 heteroatoms. The molecule has 3 aromatic rings. The Bertz CT molecular complexity index is 896. The minimum atomic E-state index is -0.944. The van der Waals surface area contributed by atoms with Crippen molar-refractivity contribution in [2.75, 3.05) is 25.1 Å². The third-order valence-corrected chi connectivity index (χ3v) is 4.44. The summed E-state index contributed by atoms with van der Waals surface area (Å²) in [5, 5.41) is 10.9. The van der Waals surface area contributed by atoms with Crippen LogP contribution in [0.4, 0.5) is 5.69 Å². The Labute approximate surface area is 147 Å². The Morgan fingerprint density at radius 3 is 2.36 bits per heavy atom. The number of aromatic carboxylic acids is 1. The van der Waals surface area contributed by atoms with Crippen LogP contribution in [0.15, 0.2) is 48.5 Å². The summed E-state index contributed by atoms with van der Waals surface area (Å²) in [4.78, 5) is 14.3. The van der Waals surface area contributed by atoms with Crippen LogP contribution in [0.1, 0.15) is 24.3 Å². The van der Waals surface area contributed by atoms with Gasteiger partial charge < -0.3 is 19.3 Å². The Kier molecular flexibility index (Phi) is 4.65. The van der Waals surface area contributed by atoms with Crippen LogP contribution in [0.25, 0.3) is 16.6 Å². The predicted octanol–water partition coefficient (Wildman–Crippen LogP) is 4.18. The van der Waals surface area contributed by atoms with Crippen LogP contribution in [-0.4, -0.2) is 35.8 Å². The summed E-state index contributed by atoms with van der Waals surface area (Å²) in [7, 11) is 1.62. The SMILES string of the molecule is CCN(CC)c1c(C(=O)O)n(-c2ccccc2)c2ccc(OC)cc12. The van der Waals surface area contributed by atoms with Gasteiger partial charge in [-0.05, 0) is 44.2 Å². The van der Waals surface area contributed by atoms with E-state index in [-0.39, 0.29) is 5.69 Å². The maximum atomic E-state index is 12.2. The topological polar surface area (TPSA) is 54.7 Å².